The van der Waals surface area contributed by atoms with E-state index >= 15 is 0 Å². The van der Waals surface area contributed by atoms with Gasteiger partial charge in [0, 0.05) is 4.47 Å². The van der Waals surface area contributed by atoms with Crippen molar-refractivity contribution >= 4 is 54.8 Å². The van der Waals surface area contributed by atoms with Crippen LogP contribution in [0.25, 0.3) is 0 Å². The van der Waals surface area contributed by atoms with Gasteiger partial charge in [-0.15, -0.1) is 0 Å². The van der Waals surface area contributed by atoms with E-state index in [1.807, 2.05) is 0 Å². The number of sulfonamides is 1. The number of pyridine rings is 1. The Kier molecular flexibility index (Phi) is 4.59. The normalized spacial score (nSPS) is 11.4. The summed E-state index contributed by atoms with van der Waals surface area (Å²) in [4.78, 5) is 3.94. The minimum Gasteiger partial charge on any atom is -0.276 e. The molecular weight excluding hydrogens is 387 g/mol. The summed E-state index contributed by atoms with van der Waals surface area (Å²) < 4.78 is 27.6. The number of nitrogens with one attached hydrogen (secondary N) is 1. The quantitative estimate of drug-likeness (QED) is 0.789. The molecule has 0 spiro atoms. The summed E-state index contributed by atoms with van der Waals surface area (Å²) >= 11 is 14.9. The maximum absolute atomic E-state index is 12.4. The first-order chi connectivity index (χ1) is 9.31. The van der Waals surface area contributed by atoms with Crippen molar-refractivity contribution in [1.29, 1.82) is 0 Å². The van der Waals surface area contributed by atoms with Gasteiger partial charge in [0.15, 0.2) is 5.15 Å². The van der Waals surface area contributed by atoms with Gasteiger partial charge in [0.1, 0.15) is 10.0 Å². The fourth-order valence-electron chi connectivity index (χ4n) is 1.57. The van der Waals surface area contributed by atoms with Gasteiger partial charge in [0.2, 0.25) is 0 Å². The van der Waals surface area contributed by atoms with Crippen LogP contribution in [0.15, 0.2) is 39.7 Å². The lowest BCUT2D eigenvalue weighted by molar-refractivity contribution is 0.600. The van der Waals surface area contributed by atoms with Crippen LogP contribution in [0.3, 0.4) is 0 Å². The molecule has 0 atom stereocenters. The largest absolute Gasteiger partial charge is 0.276 e. The van der Waals surface area contributed by atoms with E-state index in [2.05, 4.69) is 25.6 Å². The van der Waals surface area contributed by atoms with Gasteiger partial charge in [-0.3, -0.25) is 4.72 Å². The van der Waals surface area contributed by atoms with E-state index in [0.29, 0.717) is 10.0 Å². The van der Waals surface area contributed by atoms with Crippen molar-refractivity contribution in [2.45, 2.75) is 11.8 Å². The van der Waals surface area contributed by atoms with E-state index < -0.39 is 10.0 Å². The Labute approximate surface area is 135 Å². The van der Waals surface area contributed by atoms with Crippen molar-refractivity contribution in [3.63, 3.8) is 0 Å². The standard InChI is InChI=1S/C12H9BrCl2N2O2S/c1-7-6-10(14)16-12(15)11(7)17-20(18,19)9-5-3-2-4-8(9)13/h2-6,17H,1H3. The summed E-state index contributed by atoms with van der Waals surface area (Å²) in [6, 6.07) is 8.02. The van der Waals surface area contributed by atoms with E-state index in [-0.39, 0.29) is 20.9 Å². The van der Waals surface area contributed by atoms with Crippen molar-refractivity contribution < 1.29 is 8.42 Å². The first-order valence-corrected chi connectivity index (χ1v) is 8.44. The molecule has 0 bridgehead atoms. The first-order valence-electron chi connectivity index (χ1n) is 5.41. The average molecular weight is 396 g/mol. The van der Waals surface area contributed by atoms with Gasteiger partial charge < -0.3 is 0 Å². The maximum Gasteiger partial charge on any atom is 0.263 e. The summed E-state index contributed by atoms with van der Waals surface area (Å²) in [7, 11) is -3.77. The van der Waals surface area contributed by atoms with Gasteiger partial charge in [-0.25, -0.2) is 13.4 Å². The topological polar surface area (TPSA) is 59.1 Å². The highest BCUT2D eigenvalue weighted by molar-refractivity contribution is 9.10. The van der Waals surface area contributed by atoms with Crippen LogP contribution in [0.4, 0.5) is 5.69 Å². The van der Waals surface area contributed by atoms with E-state index in [4.69, 9.17) is 23.2 Å². The van der Waals surface area contributed by atoms with Crippen molar-refractivity contribution in [2.75, 3.05) is 4.72 Å². The van der Waals surface area contributed by atoms with E-state index in [1.54, 1.807) is 25.1 Å². The molecule has 0 saturated carbocycles. The zero-order valence-corrected chi connectivity index (χ0v) is 14.1. The fourth-order valence-corrected chi connectivity index (χ4v) is 4.35. The SMILES string of the molecule is Cc1cc(Cl)nc(Cl)c1NS(=O)(=O)c1ccccc1Br. The fraction of sp³-hybridized carbons (Fsp3) is 0.0833. The number of aromatic nitrogens is 1. The van der Waals surface area contributed by atoms with Crippen LogP contribution in [0.5, 0.6) is 0 Å². The molecule has 0 amide bonds. The number of anilines is 1. The maximum atomic E-state index is 12.4. The lowest BCUT2D eigenvalue weighted by atomic mass is 10.3. The van der Waals surface area contributed by atoms with Gasteiger partial charge in [0.25, 0.3) is 10.0 Å². The molecule has 0 saturated heterocycles. The number of hydrogen-bond donors (Lipinski definition) is 1. The molecule has 1 heterocycles. The van der Waals surface area contributed by atoms with Gasteiger partial charge >= 0.3 is 0 Å². The molecule has 2 rings (SSSR count). The molecule has 1 aromatic carbocycles. The molecule has 1 N–H and O–H groups in total. The highest BCUT2D eigenvalue weighted by atomic mass is 79.9. The molecule has 0 aliphatic carbocycles. The highest BCUT2D eigenvalue weighted by Crippen LogP contribution is 2.30. The Hall–Kier alpha value is -0.820. The van der Waals surface area contributed by atoms with Crippen molar-refractivity contribution in [1.82, 2.24) is 4.98 Å². The molecule has 0 aliphatic rings. The summed E-state index contributed by atoms with van der Waals surface area (Å²) in [5.41, 5.74) is 0.803. The number of benzene rings is 1. The molecule has 0 fully saturated rings. The lowest BCUT2D eigenvalue weighted by Gasteiger charge is -2.12. The van der Waals surface area contributed by atoms with Crippen LogP contribution in [0.1, 0.15) is 5.56 Å². The number of halogens is 3. The van der Waals surface area contributed by atoms with Crippen molar-refractivity contribution in [2.24, 2.45) is 0 Å². The van der Waals surface area contributed by atoms with E-state index in [9.17, 15) is 8.42 Å². The van der Waals surface area contributed by atoms with Crippen LogP contribution < -0.4 is 4.72 Å². The monoisotopic (exact) mass is 394 g/mol. The van der Waals surface area contributed by atoms with Gasteiger partial charge in [-0.05, 0) is 46.6 Å². The van der Waals surface area contributed by atoms with Crippen LogP contribution in [0.2, 0.25) is 10.3 Å². The van der Waals surface area contributed by atoms with Crippen LogP contribution in [-0.4, -0.2) is 13.4 Å². The molecule has 0 radical (unpaired) electrons. The third kappa shape index (κ3) is 3.25. The second-order valence-electron chi connectivity index (χ2n) is 3.96. The second-order valence-corrected chi connectivity index (χ2v) is 7.21. The second kappa shape index (κ2) is 5.89. The zero-order valence-electron chi connectivity index (χ0n) is 10.2. The zero-order chi connectivity index (χ0) is 14.9. The van der Waals surface area contributed by atoms with Gasteiger partial charge in [-0.1, -0.05) is 35.3 Å². The smallest absolute Gasteiger partial charge is 0.263 e. The summed E-state index contributed by atoms with van der Waals surface area (Å²) in [5.74, 6) is 0. The van der Waals surface area contributed by atoms with Crippen LogP contribution in [-0.2, 0) is 10.0 Å². The Bertz CT molecular complexity index is 743. The molecule has 4 nitrogen and oxygen atoms in total. The van der Waals surface area contributed by atoms with Crippen molar-refractivity contribution in [3.8, 4) is 0 Å². The lowest BCUT2D eigenvalue weighted by Crippen LogP contribution is -2.15. The number of nitrogens with zero attached hydrogens (tertiary/aromatic N) is 1. The van der Waals surface area contributed by atoms with Gasteiger partial charge in [0.05, 0.1) is 5.69 Å². The molecule has 8 heteroatoms. The van der Waals surface area contributed by atoms with Crippen molar-refractivity contribution in [3.05, 3.63) is 50.7 Å². The third-order valence-electron chi connectivity index (χ3n) is 2.50. The Morgan fingerprint density at radius 2 is 1.90 bits per heavy atom. The predicted octanol–water partition coefficient (Wildman–Crippen LogP) is 4.26. The number of rotatable bonds is 3. The summed E-state index contributed by atoms with van der Waals surface area (Å²) in [6.07, 6.45) is 0. The molecule has 0 unspecified atom stereocenters. The number of hydrogen-bond acceptors (Lipinski definition) is 3. The first kappa shape index (κ1) is 15.6. The average Bonchev–Trinajstić information content (AvgIpc) is 2.34. The Morgan fingerprint density at radius 3 is 2.50 bits per heavy atom. The minimum absolute atomic E-state index is 0.00521. The minimum atomic E-state index is -3.77. The molecular formula is C12H9BrCl2N2O2S. The molecule has 0 aliphatic heterocycles. The van der Waals surface area contributed by atoms with Gasteiger partial charge in [-0.2, -0.15) is 0 Å². The summed E-state index contributed by atoms with van der Waals surface area (Å²) in [6.45, 7) is 1.69. The number of aryl methyl sites for hydroxylation is 1. The van der Waals surface area contributed by atoms with E-state index in [1.165, 1.54) is 12.1 Å². The Morgan fingerprint density at radius 1 is 1.25 bits per heavy atom. The molecule has 106 valence electrons. The Balaban J connectivity index is 2.47. The van der Waals surface area contributed by atoms with Crippen LogP contribution >= 0.6 is 39.1 Å². The van der Waals surface area contributed by atoms with E-state index in [0.717, 1.165) is 0 Å². The third-order valence-corrected chi connectivity index (χ3v) is 5.33. The van der Waals surface area contributed by atoms with Crippen LogP contribution in [0, 0.1) is 6.92 Å². The highest BCUT2D eigenvalue weighted by Gasteiger charge is 2.20. The molecule has 2 aromatic rings. The summed E-state index contributed by atoms with van der Waals surface area (Å²) in [5, 5.41) is 0.210. The molecule has 1 aromatic heterocycles. The predicted molar refractivity (Wildman–Crippen MR) is 83.9 cm³/mol. The molecule has 20 heavy (non-hydrogen) atoms.